The normalized spacial score (nSPS) is 34.3. The van der Waals surface area contributed by atoms with Gasteiger partial charge >= 0.3 is 0 Å². The molecule has 1 aromatic rings. The Morgan fingerprint density at radius 2 is 1.21 bits per heavy atom. The topological polar surface area (TPSA) is 91.4 Å². The van der Waals surface area contributed by atoms with Crippen LogP contribution in [0.3, 0.4) is 0 Å². The first-order valence-corrected chi connectivity index (χ1v) is 14.2. The fourth-order valence-electron chi connectivity index (χ4n) is 5.53. The van der Waals surface area contributed by atoms with Crippen LogP contribution in [0.2, 0.25) is 0 Å². The molecule has 0 N–H and O–H groups in total. The number of fused-ring (bicyclic) bond motifs is 2. The summed E-state index contributed by atoms with van der Waals surface area (Å²) in [6, 6.07) is 9.40. The molecule has 0 aromatic heterocycles. The van der Waals surface area contributed by atoms with Gasteiger partial charge in [0.1, 0.15) is 6.61 Å². The molecule has 5 bridgehead atoms. The fraction of sp³-hybridized carbons (Fsp3) is 0.750. The predicted octanol–water partition coefficient (Wildman–Crippen LogP) is 0.337. The molecular weight excluding hydrogens is 506 g/mol. The molecule has 4 saturated heterocycles. The number of carbonyl (C=O) groups excluding carboxylic acids is 1. The zero-order valence-electron chi connectivity index (χ0n) is 22.9. The van der Waals surface area contributed by atoms with E-state index < -0.39 is 5.79 Å². The Kier molecular flexibility index (Phi) is 11.0. The van der Waals surface area contributed by atoms with Gasteiger partial charge in [-0.3, -0.25) is 14.6 Å². The molecule has 0 aliphatic carbocycles. The molecule has 218 valence electrons. The summed E-state index contributed by atoms with van der Waals surface area (Å²) in [5.41, 5.74) is 0.656. The van der Waals surface area contributed by atoms with Crippen molar-refractivity contribution in [3.63, 3.8) is 0 Å². The molecule has 1 aromatic carbocycles. The molecule has 11 nitrogen and oxygen atoms in total. The van der Waals surface area contributed by atoms with E-state index in [0.29, 0.717) is 104 Å². The predicted molar refractivity (Wildman–Crippen MR) is 142 cm³/mol. The van der Waals surface area contributed by atoms with E-state index in [-0.39, 0.29) is 24.7 Å². The minimum atomic E-state index is -1.03. The van der Waals surface area contributed by atoms with E-state index in [1.165, 1.54) is 0 Å². The van der Waals surface area contributed by atoms with Crippen molar-refractivity contribution < 1.29 is 38.0 Å². The number of amides is 1. The number of carbonyl (C=O) groups is 1. The van der Waals surface area contributed by atoms with Gasteiger partial charge in [0.2, 0.25) is 5.79 Å². The standard InChI is InChI=1S/C28H43N3O8/c32-27(24-4-2-1-3-5-24)31-20-25-18-29-6-10-33-14-16-35-12-8-30(9-13-36-17-15-34-11-7-29)19-26-21-37-23-28(22-31,38-25)39-26/h1-5,25-26H,6-23H2/t25-,26-,28+/m1/s1. The zero-order valence-corrected chi connectivity index (χ0v) is 22.9. The Hall–Kier alpha value is -1.67. The first-order valence-electron chi connectivity index (χ1n) is 14.2. The molecule has 0 unspecified atom stereocenters. The first kappa shape index (κ1) is 28.8. The van der Waals surface area contributed by atoms with Crippen LogP contribution in [0, 0.1) is 0 Å². The van der Waals surface area contributed by atoms with Crippen LogP contribution in [0.15, 0.2) is 30.3 Å². The lowest BCUT2D eigenvalue weighted by Crippen LogP contribution is -2.65. The maximum Gasteiger partial charge on any atom is 0.254 e. The second-order valence-electron chi connectivity index (χ2n) is 10.5. The monoisotopic (exact) mass is 549 g/mol. The van der Waals surface area contributed by atoms with E-state index >= 15 is 0 Å². The number of rotatable bonds is 1. The Balaban J connectivity index is 1.41. The Morgan fingerprint density at radius 1 is 0.667 bits per heavy atom. The molecule has 4 fully saturated rings. The highest BCUT2D eigenvalue weighted by atomic mass is 16.7. The van der Waals surface area contributed by atoms with Crippen molar-refractivity contribution in [2.45, 2.75) is 18.0 Å². The molecule has 3 atom stereocenters. The summed E-state index contributed by atoms with van der Waals surface area (Å²) in [5.74, 6) is -1.06. The first-order chi connectivity index (χ1) is 19.2. The average molecular weight is 550 g/mol. The zero-order chi connectivity index (χ0) is 26.8. The van der Waals surface area contributed by atoms with E-state index in [9.17, 15) is 4.79 Å². The van der Waals surface area contributed by atoms with Crippen molar-refractivity contribution in [3.05, 3.63) is 35.9 Å². The van der Waals surface area contributed by atoms with Gasteiger partial charge in [0.05, 0.1) is 78.2 Å². The Labute approximate surface area is 231 Å². The molecule has 0 saturated carbocycles. The summed E-state index contributed by atoms with van der Waals surface area (Å²) in [4.78, 5) is 20.0. The van der Waals surface area contributed by atoms with Crippen LogP contribution in [0.1, 0.15) is 10.4 Å². The maximum absolute atomic E-state index is 13.6. The highest BCUT2D eigenvalue weighted by molar-refractivity contribution is 5.94. The van der Waals surface area contributed by atoms with Crippen molar-refractivity contribution in [2.75, 3.05) is 118 Å². The van der Waals surface area contributed by atoms with Crippen LogP contribution in [0.25, 0.3) is 0 Å². The van der Waals surface area contributed by atoms with Gasteiger partial charge in [-0.05, 0) is 12.1 Å². The maximum atomic E-state index is 13.6. The van der Waals surface area contributed by atoms with Gasteiger partial charge in [-0.15, -0.1) is 0 Å². The van der Waals surface area contributed by atoms with Crippen molar-refractivity contribution in [1.82, 2.24) is 14.7 Å². The summed E-state index contributed by atoms with van der Waals surface area (Å²) in [6.45, 7) is 10.2. The number of ether oxygens (including phenoxy) is 7. The summed E-state index contributed by atoms with van der Waals surface area (Å²) in [6.07, 6.45) is -0.469. The lowest BCUT2D eigenvalue weighted by Gasteiger charge is -2.50. The molecule has 1 spiro atoms. The summed E-state index contributed by atoms with van der Waals surface area (Å²) >= 11 is 0. The molecule has 0 radical (unpaired) electrons. The molecule has 5 rings (SSSR count). The van der Waals surface area contributed by atoms with Crippen molar-refractivity contribution in [2.24, 2.45) is 0 Å². The minimum absolute atomic E-state index is 0.0278. The van der Waals surface area contributed by atoms with Crippen molar-refractivity contribution in [3.8, 4) is 0 Å². The fourth-order valence-corrected chi connectivity index (χ4v) is 5.53. The third-order valence-corrected chi connectivity index (χ3v) is 7.43. The van der Waals surface area contributed by atoms with Crippen LogP contribution in [-0.4, -0.2) is 157 Å². The van der Waals surface area contributed by atoms with Gasteiger partial charge in [-0.1, -0.05) is 18.2 Å². The molecule has 39 heavy (non-hydrogen) atoms. The second-order valence-corrected chi connectivity index (χ2v) is 10.5. The van der Waals surface area contributed by atoms with Crippen molar-refractivity contribution in [1.29, 1.82) is 0 Å². The van der Waals surface area contributed by atoms with Gasteiger partial charge in [0.25, 0.3) is 5.91 Å². The number of nitrogens with zero attached hydrogens (tertiary/aromatic N) is 3. The second kappa shape index (κ2) is 14.8. The molecule has 1 amide bonds. The lowest BCUT2D eigenvalue weighted by atomic mass is 10.1. The van der Waals surface area contributed by atoms with Gasteiger partial charge in [-0.25, -0.2) is 0 Å². The third-order valence-electron chi connectivity index (χ3n) is 7.43. The average Bonchev–Trinajstić information content (AvgIpc) is 2.94. The van der Waals surface area contributed by atoms with Gasteiger partial charge in [-0.2, -0.15) is 0 Å². The molecule has 4 aliphatic rings. The van der Waals surface area contributed by atoms with E-state index in [0.717, 1.165) is 13.1 Å². The summed E-state index contributed by atoms with van der Waals surface area (Å²) < 4.78 is 43.0. The van der Waals surface area contributed by atoms with E-state index in [1.807, 2.05) is 35.2 Å². The van der Waals surface area contributed by atoms with Crippen molar-refractivity contribution >= 4 is 5.91 Å². The van der Waals surface area contributed by atoms with Crippen LogP contribution in [0.5, 0.6) is 0 Å². The molecule has 4 aliphatic heterocycles. The highest BCUT2D eigenvalue weighted by Crippen LogP contribution is 2.30. The van der Waals surface area contributed by atoms with Crippen LogP contribution in [-0.2, 0) is 33.2 Å². The lowest BCUT2D eigenvalue weighted by molar-refractivity contribution is -0.350. The van der Waals surface area contributed by atoms with Gasteiger partial charge < -0.3 is 38.1 Å². The molecular formula is C28H43N3O8. The van der Waals surface area contributed by atoms with Crippen LogP contribution >= 0.6 is 0 Å². The highest BCUT2D eigenvalue weighted by Gasteiger charge is 2.48. The van der Waals surface area contributed by atoms with E-state index in [4.69, 9.17) is 33.2 Å². The number of morpholine rings is 1. The molecule has 4 heterocycles. The third kappa shape index (κ3) is 8.66. The van der Waals surface area contributed by atoms with Gasteiger partial charge in [0.15, 0.2) is 0 Å². The van der Waals surface area contributed by atoms with Crippen LogP contribution < -0.4 is 0 Å². The Morgan fingerprint density at radius 3 is 1.79 bits per heavy atom. The number of hydrogen-bond acceptors (Lipinski definition) is 10. The largest absolute Gasteiger partial charge is 0.378 e. The minimum Gasteiger partial charge on any atom is -0.378 e. The van der Waals surface area contributed by atoms with E-state index in [1.54, 1.807) is 0 Å². The molecule has 11 heteroatoms. The summed E-state index contributed by atoms with van der Waals surface area (Å²) in [7, 11) is 0. The van der Waals surface area contributed by atoms with E-state index in [2.05, 4.69) is 9.80 Å². The Bertz CT molecular complexity index is 856. The smallest absolute Gasteiger partial charge is 0.254 e. The van der Waals surface area contributed by atoms with Gasteiger partial charge in [0, 0.05) is 51.4 Å². The number of hydrogen-bond donors (Lipinski definition) is 0. The summed E-state index contributed by atoms with van der Waals surface area (Å²) in [5, 5.41) is 0. The van der Waals surface area contributed by atoms with Crippen LogP contribution in [0.4, 0.5) is 0 Å². The number of benzene rings is 1. The SMILES string of the molecule is O=C(c1ccccc1)N1C[C@H]2CN3CCOCCOCCN(CCOCCOCC3)C[C@@H]3COC[C@@](C1)(O2)O3. The quantitative estimate of drug-likeness (QED) is 0.488.